The third-order valence-corrected chi connectivity index (χ3v) is 7.30. The number of aromatic amines is 1. The molecule has 3 aromatic rings. The van der Waals surface area contributed by atoms with Gasteiger partial charge in [0.05, 0.1) is 27.0 Å². The Morgan fingerprint density at radius 3 is 1.95 bits per heavy atom. The number of benzene rings is 2. The second kappa shape index (κ2) is 11.9. The van der Waals surface area contributed by atoms with E-state index in [9.17, 15) is 32.4 Å². The number of ether oxygens (including phenoxy) is 3. The maximum absolute atomic E-state index is 15.1. The Morgan fingerprint density at radius 1 is 1.00 bits per heavy atom. The zero-order valence-corrected chi connectivity index (χ0v) is 22.1. The van der Waals surface area contributed by atoms with E-state index in [-0.39, 0.29) is 22.3 Å². The third-order valence-electron chi connectivity index (χ3n) is 5.98. The van der Waals surface area contributed by atoms with Crippen molar-refractivity contribution < 1.29 is 55.0 Å². The maximum atomic E-state index is 15.1. The van der Waals surface area contributed by atoms with Gasteiger partial charge in [0.25, 0.3) is 12.0 Å². The van der Waals surface area contributed by atoms with Crippen molar-refractivity contribution in [3.63, 3.8) is 0 Å². The van der Waals surface area contributed by atoms with Crippen molar-refractivity contribution in [2.24, 2.45) is 0 Å². The Bertz CT molecular complexity index is 1470. The first-order valence-corrected chi connectivity index (χ1v) is 13.1. The van der Waals surface area contributed by atoms with Gasteiger partial charge in [-0.15, -0.1) is 0 Å². The van der Waals surface area contributed by atoms with Crippen LogP contribution in [-0.4, -0.2) is 59.8 Å². The lowest BCUT2D eigenvalue weighted by atomic mass is 9.97. The molecule has 4 rings (SSSR count). The number of rotatable bonds is 11. The van der Waals surface area contributed by atoms with Gasteiger partial charge in [0.2, 0.25) is 5.82 Å². The van der Waals surface area contributed by atoms with E-state index in [0.29, 0.717) is 11.5 Å². The standard InChI is InChI=1S/C24H23F4N2O10P/c1-35-13-3-7-15(8-4-13)39-41(34,40-16-9-5-14(36-2)6-10-16)37-12-24(22(27)28)19(31)18(26)21(38-24)30-11-17(25)20(32)29-23(30)33/h3-11,18-19,21-22,31H,12H2,1-2H3,(H,29,32,33)/t18-,19-,21+,24+/m0/s1. The summed E-state index contributed by atoms with van der Waals surface area (Å²) in [6.07, 6.45) is -11.2. The molecule has 1 fully saturated rings. The molecule has 2 N–H and O–H groups in total. The van der Waals surface area contributed by atoms with Gasteiger partial charge in [-0.25, -0.2) is 22.5 Å². The molecule has 17 heteroatoms. The monoisotopic (exact) mass is 606 g/mol. The molecule has 0 spiro atoms. The van der Waals surface area contributed by atoms with Crippen LogP contribution in [0.4, 0.5) is 17.6 Å². The number of phosphoric acid groups is 1. The van der Waals surface area contributed by atoms with Crippen LogP contribution in [0.1, 0.15) is 6.23 Å². The van der Waals surface area contributed by atoms with E-state index in [4.69, 9.17) is 27.8 Å². The van der Waals surface area contributed by atoms with E-state index in [2.05, 4.69) is 0 Å². The van der Waals surface area contributed by atoms with Gasteiger partial charge in [0, 0.05) is 0 Å². The highest BCUT2D eigenvalue weighted by Crippen LogP contribution is 2.52. The molecule has 12 nitrogen and oxygen atoms in total. The fraction of sp³-hybridized carbons (Fsp3) is 0.333. The fourth-order valence-corrected chi connectivity index (χ4v) is 5.05. The van der Waals surface area contributed by atoms with Crippen molar-refractivity contribution in [3.05, 3.63) is 81.4 Å². The SMILES string of the molecule is COc1ccc(OP(=O)(OC[C@@]2(C(F)F)O[C@@H](n3cc(F)c(=O)[nH]c3=O)[C@@H](F)[C@@H]2O)Oc2ccc(OC)cc2)cc1. The number of alkyl halides is 3. The van der Waals surface area contributed by atoms with Crippen molar-refractivity contribution in [2.45, 2.75) is 30.5 Å². The second-order valence-electron chi connectivity index (χ2n) is 8.55. The van der Waals surface area contributed by atoms with Crippen LogP contribution in [-0.2, 0) is 13.8 Å². The number of aliphatic hydroxyl groups is 1. The van der Waals surface area contributed by atoms with Crippen LogP contribution in [0.15, 0.2) is 64.3 Å². The Hall–Kier alpha value is -3.85. The number of nitrogens with zero attached hydrogens (tertiary/aromatic N) is 1. The molecule has 0 amide bonds. The average Bonchev–Trinajstić information content (AvgIpc) is 3.21. The Kier molecular flexibility index (Phi) is 8.77. The van der Waals surface area contributed by atoms with E-state index in [1.54, 1.807) is 0 Å². The third kappa shape index (κ3) is 6.25. The zero-order valence-electron chi connectivity index (χ0n) is 21.2. The summed E-state index contributed by atoms with van der Waals surface area (Å²) in [5, 5.41) is 10.5. The summed E-state index contributed by atoms with van der Waals surface area (Å²) in [4.78, 5) is 25.0. The van der Waals surface area contributed by atoms with Crippen molar-refractivity contribution in [3.8, 4) is 23.0 Å². The van der Waals surface area contributed by atoms with Gasteiger partial charge in [0.1, 0.15) is 29.1 Å². The van der Waals surface area contributed by atoms with Crippen molar-refractivity contribution in [1.82, 2.24) is 9.55 Å². The highest BCUT2D eigenvalue weighted by molar-refractivity contribution is 7.49. The first kappa shape index (κ1) is 30.1. The normalized spacial score (nSPS) is 22.5. The lowest BCUT2D eigenvalue weighted by Gasteiger charge is -2.31. The van der Waals surface area contributed by atoms with E-state index in [1.165, 1.54) is 67.7 Å². The summed E-state index contributed by atoms with van der Waals surface area (Å²) in [6.45, 7) is -1.49. The highest BCUT2D eigenvalue weighted by atomic mass is 31.2. The molecule has 0 radical (unpaired) electrons. The van der Waals surface area contributed by atoms with Crippen LogP contribution in [0, 0.1) is 5.82 Å². The van der Waals surface area contributed by atoms with Crippen molar-refractivity contribution >= 4 is 7.82 Å². The first-order chi connectivity index (χ1) is 19.4. The molecule has 0 saturated carbocycles. The molecule has 0 unspecified atom stereocenters. The van der Waals surface area contributed by atoms with Gasteiger partial charge in [-0.1, -0.05) is 0 Å². The molecule has 0 bridgehead atoms. The number of H-pyrrole nitrogens is 1. The Balaban J connectivity index is 1.65. The first-order valence-electron chi connectivity index (χ1n) is 11.6. The van der Waals surface area contributed by atoms with Crippen LogP contribution in [0.3, 0.4) is 0 Å². The Labute approximate surface area is 228 Å². The van der Waals surface area contributed by atoms with Gasteiger partial charge < -0.3 is 28.4 Å². The number of hydrogen-bond donors (Lipinski definition) is 2. The summed E-state index contributed by atoms with van der Waals surface area (Å²) in [5.74, 6) is -0.975. The molecule has 1 aliphatic rings. The largest absolute Gasteiger partial charge is 0.587 e. The highest BCUT2D eigenvalue weighted by Gasteiger charge is 2.62. The van der Waals surface area contributed by atoms with Gasteiger partial charge in [-0.2, -0.15) is 4.39 Å². The lowest BCUT2D eigenvalue weighted by Crippen LogP contribution is -2.52. The van der Waals surface area contributed by atoms with E-state index < -0.39 is 62.0 Å². The van der Waals surface area contributed by atoms with Gasteiger partial charge >= 0.3 is 13.5 Å². The molecule has 41 heavy (non-hydrogen) atoms. The lowest BCUT2D eigenvalue weighted by molar-refractivity contribution is -0.193. The number of hydrogen-bond acceptors (Lipinski definition) is 10. The number of methoxy groups -OCH3 is 2. The summed E-state index contributed by atoms with van der Waals surface area (Å²) in [5.41, 5.74) is -6.10. The van der Waals surface area contributed by atoms with Gasteiger partial charge in [-0.3, -0.25) is 18.9 Å². The van der Waals surface area contributed by atoms with Crippen LogP contribution in [0.25, 0.3) is 0 Å². The molecular weight excluding hydrogens is 583 g/mol. The summed E-state index contributed by atoms with van der Waals surface area (Å²) in [6, 6.07) is 10.9. The zero-order chi connectivity index (χ0) is 29.9. The molecule has 2 heterocycles. The molecule has 1 aliphatic heterocycles. The van der Waals surface area contributed by atoms with Gasteiger partial charge in [0.15, 0.2) is 18.0 Å². The Morgan fingerprint density at radius 2 is 1.49 bits per heavy atom. The quantitative estimate of drug-likeness (QED) is 0.246. The predicted molar refractivity (Wildman–Crippen MR) is 132 cm³/mol. The minimum Gasteiger partial charge on any atom is -0.497 e. The molecule has 4 atom stereocenters. The number of phosphoric ester groups is 1. The molecule has 222 valence electrons. The smallest absolute Gasteiger partial charge is 0.497 e. The number of aliphatic hydroxyl groups excluding tert-OH is 1. The number of halogens is 4. The van der Waals surface area contributed by atoms with E-state index >= 15 is 4.39 Å². The van der Waals surface area contributed by atoms with Crippen LogP contribution in [0.5, 0.6) is 23.0 Å². The minimum absolute atomic E-state index is 0.113. The van der Waals surface area contributed by atoms with E-state index in [1.807, 2.05) is 0 Å². The topological polar surface area (TPSA) is 148 Å². The maximum Gasteiger partial charge on any atom is 0.587 e. The number of aromatic nitrogens is 2. The summed E-state index contributed by atoms with van der Waals surface area (Å²) < 4.78 is 103. The summed E-state index contributed by atoms with van der Waals surface area (Å²) in [7, 11) is -2.12. The fourth-order valence-electron chi connectivity index (χ4n) is 3.79. The van der Waals surface area contributed by atoms with Crippen molar-refractivity contribution in [1.29, 1.82) is 0 Å². The van der Waals surface area contributed by atoms with Gasteiger partial charge in [-0.05, 0) is 48.5 Å². The van der Waals surface area contributed by atoms with Crippen LogP contribution in [0.2, 0.25) is 0 Å². The minimum atomic E-state index is -4.91. The predicted octanol–water partition coefficient (Wildman–Crippen LogP) is 3.21. The molecule has 0 aliphatic carbocycles. The molecule has 2 aromatic carbocycles. The van der Waals surface area contributed by atoms with E-state index in [0.717, 1.165) is 0 Å². The molecule has 1 saturated heterocycles. The van der Waals surface area contributed by atoms with Crippen LogP contribution < -0.4 is 29.8 Å². The second-order valence-corrected chi connectivity index (χ2v) is 10.1. The number of nitrogens with one attached hydrogen (secondary N) is 1. The van der Waals surface area contributed by atoms with Crippen LogP contribution >= 0.6 is 7.82 Å². The molecular formula is C24H23F4N2O10P. The van der Waals surface area contributed by atoms with Crippen molar-refractivity contribution in [2.75, 3.05) is 20.8 Å². The molecule has 1 aromatic heterocycles. The summed E-state index contributed by atoms with van der Waals surface area (Å²) >= 11 is 0. The average molecular weight is 606 g/mol.